The van der Waals surface area contributed by atoms with Gasteiger partial charge in [-0.25, -0.2) is 8.78 Å². The minimum atomic E-state index is -4.88. The first-order chi connectivity index (χ1) is 17.6. The van der Waals surface area contributed by atoms with Crippen molar-refractivity contribution in [2.24, 2.45) is 6.98 Å². The van der Waals surface area contributed by atoms with Crippen molar-refractivity contribution < 1.29 is 33.6 Å². The van der Waals surface area contributed by atoms with Crippen molar-refractivity contribution in [3.05, 3.63) is 82.8 Å². The van der Waals surface area contributed by atoms with Crippen LogP contribution in [0.4, 0.5) is 22.0 Å². The fourth-order valence-corrected chi connectivity index (χ4v) is 3.76. The third kappa shape index (κ3) is 3.51. The van der Waals surface area contributed by atoms with E-state index < -0.39 is 60.4 Å². The highest BCUT2D eigenvalue weighted by atomic mass is 19.4. The number of benzene rings is 2. The molecule has 0 fully saturated rings. The van der Waals surface area contributed by atoms with Crippen LogP contribution < -0.4 is 0 Å². The van der Waals surface area contributed by atoms with E-state index >= 15 is 8.78 Å². The van der Waals surface area contributed by atoms with Crippen LogP contribution >= 0.6 is 0 Å². The van der Waals surface area contributed by atoms with E-state index in [4.69, 9.17) is 6.85 Å². The smallest absolute Gasteiger partial charge is 0.328 e. The topological polar surface area (TPSA) is 51.0 Å². The van der Waals surface area contributed by atoms with Crippen molar-refractivity contribution >= 4 is 16.8 Å². The molecule has 2 aromatic heterocycles. The van der Waals surface area contributed by atoms with Crippen LogP contribution in [0.25, 0.3) is 22.0 Å². The average molecular weight is 463 g/mol. The van der Waals surface area contributed by atoms with Gasteiger partial charge in [-0.3, -0.25) is 14.5 Å². The summed E-state index contributed by atoms with van der Waals surface area (Å²) in [6.07, 6.45) is -2.75. The minimum Gasteiger partial charge on any atom is -0.328 e. The van der Waals surface area contributed by atoms with E-state index in [0.29, 0.717) is 15.6 Å². The van der Waals surface area contributed by atoms with Crippen molar-refractivity contribution in [2.75, 3.05) is 0 Å². The lowest BCUT2D eigenvalue weighted by Crippen LogP contribution is -2.24. The molecule has 2 aromatic carbocycles. The molecule has 0 aliphatic carbocycles. The van der Waals surface area contributed by atoms with E-state index in [1.165, 1.54) is 18.3 Å². The second-order valence-corrected chi connectivity index (χ2v) is 7.32. The van der Waals surface area contributed by atoms with Gasteiger partial charge in [-0.2, -0.15) is 18.3 Å². The van der Waals surface area contributed by atoms with Crippen molar-refractivity contribution in [1.29, 1.82) is 0 Å². The van der Waals surface area contributed by atoms with Crippen LogP contribution in [0.5, 0.6) is 0 Å². The fraction of sp³-hybridized carbons (Fsp3) is 0.174. The molecule has 3 heterocycles. The zero-order chi connectivity index (χ0) is 27.8. The Morgan fingerprint density at radius 2 is 1.91 bits per heavy atom. The van der Waals surface area contributed by atoms with Gasteiger partial charge in [0.1, 0.15) is 17.2 Å². The number of alkyl halides is 3. The van der Waals surface area contributed by atoms with Crippen LogP contribution in [0.15, 0.2) is 48.8 Å². The molecule has 0 atom stereocenters. The Morgan fingerprint density at radius 1 is 1.15 bits per heavy atom. The number of hydrogen-bond donors (Lipinski definition) is 0. The summed E-state index contributed by atoms with van der Waals surface area (Å²) in [7, 11) is 0. The predicted molar refractivity (Wildman–Crippen MR) is 109 cm³/mol. The van der Waals surface area contributed by atoms with Crippen molar-refractivity contribution in [3.8, 4) is 11.1 Å². The number of fused-ring (bicyclic) bond motifs is 2. The zero-order valence-electron chi connectivity index (χ0n) is 21.4. The van der Waals surface area contributed by atoms with Crippen molar-refractivity contribution in [1.82, 2.24) is 19.7 Å². The van der Waals surface area contributed by atoms with E-state index in [1.807, 2.05) is 0 Å². The first-order valence-electron chi connectivity index (χ1n) is 12.0. The van der Waals surface area contributed by atoms with Gasteiger partial charge in [-0.1, -0.05) is 6.07 Å². The molecule has 1 aliphatic rings. The van der Waals surface area contributed by atoms with Gasteiger partial charge in [0.05, 0.1) is 32.6 Å². The molecule has 0 radical (unpaired) electrons. The second kappa shape index (κ2) is 7.36. The number of hydrogen-bond acceptors (Lipinski definition) is 3. The predicted octanol–water partition coefficient (Wildman–Crippen LogP) is 5.09. The third-order valence-electron chi connectivity index (χ3n) is 5.27. The lowest BCUT2D eigenvalue weighted by molar-refractivity contribution is -0.136. The van der Waals surface area contributed by atoms with Gasteiger partial charge in [0.15, 0.2) is 0 Å². The molecule has 0 unspecified atom stereocenters. The SMILES string of the molecule is [2H]C1([2H])c2ncccc2C(=O)N1Cc1c(F)cc(-c2ccc(C(F)(F)F)c3nn(C([2H])([2H])[2H])cc23)cc1F. The summed E-state index contributed by atoms with van der Waals surface area (Å²) in [6.45, 7) is -6.15. The van der Waals surface area contributed by atoms with E-state index in [2.05, 4.69) is 10.1 Å². The number of amides is 1. The Kier molecular flexibility index (Phi) is 3.55. The van der Waals surface area contributed by atoms with Gasteiger partial charge < -0.3 is 4.90 Å². The normalized spacial score (nSPS) is 17.9. The Bertz CT molecular complexity index is 1590. The lowest BCUT2D eigenvalue weighted by atomic mass is 9.97. The number of pyridine rings is 1. The summed E-state index contributed by atoms with van der Waals surface area (Å²) < 4.78 is 110. The first-order valence-corrected chi connectivity index (χ1v) is 9.46. The Morgan fingerprint density at radius 3 is 2.58 bits per heavy atom. The van der Waals surface area contributed by atoms with Gasteiger partial charge in [-0.05, 0) is 41.5 Å². The number of nitrogens with zero attached hydrogens (tertiary/aromatic N) is 4. The van der Waals surface area contributed by atoms with Crippen LogP contribution in [-0.2, 0) is 26.2 Å². The first kappa shape index (κ1) is 15.9. The largest absolute Gasteiger partial charge is 0.418 e. The molecule has 5 nitrogen and oxygen atoms in total. The molecule has 4 aromatic rings. The van der Waals surface area contributed by atoms with Crippen molar-refractivity contribution in [2.45, 2.75) is 19.2 Å². The quantitative estimate of drug-likeness (QED) is 0.398. The molecular weight excluding hydrogens is 443 g/mol. The van der Waals surface area contributed by atoms with Crippen LogP contribution in [0.1, 0.15) is 34.0 Å². The summed E-state index contributed by atoms with van der Waals surface area (Å²) in [5.74, 6) is -3.20. The molecule has 0 N–H and O–H groups in total. The van der Waals surface area contributed by atoms with Gasteiger partial charge in [0.25, 0.3) is 5.91 Å². The molecule has 0 saturated carbocycles. The second-order valence-electron chi connectivity index (χ2n) is 7.32. The highest BCUT2D eigenvalue weighted by molar-refractivity contribution is 5.98. The van der Waals surface area contributed by atoms with Gasteiger partial charge in [-0.15, -0.1) is 0 Å². The van der Waals surface area contributed by atoms with Gasteiger partial charge >= 0.3 is 6.18 Å². The van der Waals surface area contributed by atoms with E-state index in [9.17, 15) is 18.0 Å². The monoisotopic (exact) mass is 463 g/mol. The summed E-state index contributed by atoms with van der Waals surface area (Å²) >= 11 is 0. The summed E-state index contributed by atoms with van der Waals surface area (Å²) in [5, 5.41) is 3.27. The van der Waals surface area contributed by atoms with Crippen LogP contribution in [0.3, 0.4) is 0 Å². The average Bonchev–Trinajstić information content (AvgIpc) is 3.34. The number of aromatic nitrogens is 3. The number of carbonyl (C=O) groups is 1. The molecule has 1 aliphatic heterocycles. The molecular formula is C23H15F5N4O. The summed E-state index contributed by atoms with van der Waals surface area (Å²) in [6, 6.07) is 5.98. The molecule has 0 saturated heterocycles. The fourth-order valence-electron chi connectivity index (χ4n) is 3.76. The van der Waals surface area contributed by atoms with Crippen molar-refractivity contribution in [3.63, 3.8) is 0 Å². The maximum absolute atomic E-state index is 15.2. The number of rotatable bonds is 3. The van der Waals surface area contributed by atoms with Crippen LogP contribution in [0, 0.1) is 11.6 Å². The zero-order valence-corrected chi connectivity index (χ0v) is 16.4. The van der Waals surface area contributed by atoms with Gasteiger partial charge in [0.2, 0.25) is 0 Å². The third-order valence-corrected chi connectivity index (χ3v) is 5.27. The molecule has 0 bridgehead atoms. The number of carbonyl (C=O) groups excluding carboxylic acids is 1. The molecule has 0 spiro atoms. The maximum Gasteiger partial charge on any atom is 0.418 e. The lowest BCUT2D eigenvalue weighted by Gasteiger charge is -2.17. The standard InChI is InChI=1S/C23H15F5N4O/c1-31-9-15-13(4-5-17(21(15)30-31)23(26,27)28)12-7-18(24)16(19(25)8-12)10-32-11-20-14(22(32)33)3-2-6-29-20/h2-9H,10-11H2,1H3/i1D3,11D2. The van der Waals surface area contributed by atoms with Gasteiger partial charge in [0, 0.05) is 34.4 Å². The van der Waals surface area contributed by atoms with E-state index in [0.717, 1.165) is 24.4 Å². The maximum atomic E-state index is 15.2. The molecule has 5 rings (SSSR count). The minimum absolute atomic E-state index is 0.0478. The number of halogens is 5. The Labute approximate surface area is 191 Å². The Hall–Kier alpha value is -3.82. The van der Waals surface area contributed by atoms with Crippen LogP contribution in [0.2, 0.25) is 0 Å². The molecule has 1 amide bonds. The van der Waals surface area contributed by atoms with Crippen LogP contribution in [-0.4, -0.2) is 25.6 Å². The van der Waals surface area contributed by atoms with E-state index in [-0.39, 0.29) is 27.8 Å². The molecule has 33 heavy (non-hydrogen) atoms. The summed E-state index contributed by atoms with van der Waals surface area (Å²) in [5.41, 5.74) is -3.16. The molecule has 168 valence electrons. The molecule has 10 heteroatoms. The number of aryl methyl sites for hydroxylation is 1. The Balaban J connectivity index is 1.59. The highest BCUT2D eigenvalue weighted by Crippen LogP contribution is 2.39. The highest BCUT2D eigenvalue weighted by Gasteiger charge is 2.35. The summed E-state index contributed by atoms with van der Waals surface area (Å²) in [4.78, 5) is 17.2. The van der Waals surface area contributed by atoms with E-state index in [1.54, 1.807) is 0 Å².